The molecule has 2 aliphatic heterocycles. The first-order chi connectivity index (χ1) is 17.1. The zero-order chi connectivity index (χ0) is 24.2. The lowest BCUT2D eigenvalue weighted by Crippen LogP contribution is -2.30. The van der Waals surface area contributed by atoms with Crippen molar-refractivity contribution in [2.24, 2.45) is 0 Å². The third-order valence-corrected chi connectivity index (χ3v) is 7.07. The maximum absolute atomic E-state index is 14.9. The van der Waals surface area contributed by atoms with Crippen molar-refractivity contribution in [1.82, 2.24) is 15.3 Å². The maximum atomic E-state index is 14.9. The number of nitrogens with one attached hydrogen (secondary N) is 1. The van der Waals surface area contributed by atoms with Crippen LogP contribution in [0, 0.1) is 18.6 Å². The molecular formula is C28H32F2N4O. The van der Waals surface area contributed by atoms with Crippen molar-refractivity contribution < 1.29 is 13.5 Å². The van der Waals surface area contributed by atoms with Crippen LogP contribution in [0.15, 0.2) is 42.6 Å². The summed E-state index contributed by atoms with van der Waals surface area (Å²) in [6, 6.07) is 9.87. The highest BCUT2D eigenvalue weighted by molar-refractivity contribution is 5.69. The van der Waals surface area contributed by atoms with Crippen molar-refractivity contribution in [2.45, 2.75) is 51.6 Å². The first kappa shape index (κ1) is 23.7. The fourth-order valence-corrected chi connectivity index (χ4v) is 5.02. The summed E-state index contributed by atoms with van der Waals surface area (Å²) in [4.78, 5) is 11.6. The Balaban J connectivity index is 1.38. The van der Waals surface area contributed by atoms with Crippen LogP contribution in [0.3, 0.4) is 0 Å². The Labute approximate surface area is 205 Å². The van der Waals surface area contributed by atoms with Crippen LogP contribution >= 0.6 is 0 Å². The molecule has 0 bridgehead atoms. The van der Waals surface area contributed by atoms with E-state index in [2.05, 4.69) is 21.3 Å². The van der Waals surface area contributed by atoms with Gasteiger partial charge in [0.15, 0.2) is 11.6 Å². The van der Waals surface area contributed by atoms with Crippen molar-refractivity contribution in [3.05, 3.63) is 71.1 Å². The summed E-state index contributed by atoms with van der Waals surface area (Å²) in [5, 5.41) is 3.38. The molecule has 2 aliphatic rings. The van der Waals surface area contributed by atoms with Gasteiger partial charge >= 0.3 is 0 Å². The number of nitrogens with zero attached hydrogens (tertiary/aromatic N) is 3. The second kappa shape index (κ2) is 10.7. The van der Waals surface area contributed by atoms with Crippen molar-refractivity contribution in [1.29, 1.82) is 0 Å². The SMILES string of the molecule is Cc1cc(C2CCNCC2)ncc1COc1c(F)cc(F)cc1-c1cccc(N2CCCCC2)n1. The molecule has 4 heterocycles. The molecule has 7 heteroatoms. The molecule has 0 saturated carbocycles. The van der Waals surface area contributed by atoms with Crippen molar-refractivity contribution in [3.63, 3.8) is 0 Å². The van der Waals surface area contributed by atoms with Crippen LogP contribution in [0.25, 0.3) is 11.3 Å². The topological polar surface area (TPSA) is 50.3 Å². The maximum Gasteiger partial charge on any atom is 0.168 e. The summed E-state index contributed by atoms with van der Waals surface area (Å²) in [6.07, 6.45) is 7.45. The normalized spacial score (nSPS) is 16.9. The number of aromatic nitrogens is 2. The molecule has 0 amide bonds. The Bertz CT molecular complexity index is 1170. The number of hydrogen-bond donors (Lipinski definition) is 1. The minimum atomic E-state index is -0.734. The minimum Gasteiger partial charge on any atom is -0.485 e. The lowest BCUT2D eigenvalue weighted by molar-refractivity contribution is 0.289. The van der Waals surface area contributed by atoms with Crippen LogP contribution in [0.4, 0.5) is 14.6 Å². The van der Waals surface area contributed by atoms with Gasteiger partial charge in [0.1, 0.15) is 18.2 Å². The summed E-state index contributed by atoms with van der Waals surface area (Å²) < 4.78 is 35.2. The Hall–Kier alpha value is -3.06. The van der Waals surface area contributed by atoms with Crippen LogP contribution in [-0.4, -0.2) is 36.1 Å². The predicted molar refractivity (Wildman–Crippen MR) is 134 cm³/mol. The summed E-state index contributed by atoms with van der Waals surface area (Å²) >= 11 is 0. The van der Waals surface area contributed by atoms with Gasteiger partial charge in [-0.1, -0.05) is 6.07 Å². The quantitative estimate of drug-likeness (QED) is 0.488. The molecule has 0 atom stereocenters. The van der Waals surface area contributed by atoms with Gasteiger partial charge in [0.2, 0.25) is 0 Å². The molecule has 35 heavy (non-hydrogen) atoms. The summed E-state index contributed by atoms with van der Waals surface area (Å²) in [7, 11) is 0. The fourth-order valence-electron chi connectivity index (χ4n) is 5.02. The fraction of sp³-hybridized carbons (Fsp3) is 0.429. The minimum absolute atomic E-state index is 0.0107. The molecule has 5 rings (SSSR count). The third-order valence-electron chi connectivity index (χ3n) is 7.07. The molecule has 2 fully saturated rings. The van der Waals surface area contributed by atoms with E-state index in [9.17, 15) is 8.78 Å². The standard InChI is InChI=1S/C28H32F2N4O/c1-19-14-26(20-8-10-31-11-9-20)32-17-21(19)18-35-28-23(15-22(29)16-24(28)30)25-6-5-7-27(33-25)34-12-3-2-4-13-34/h5-7,14-17,20,31H,2-4,8-13,18H2,1H3. The van der Waals surface area contributed by atoms with Crippen molar-refractivity contribution >= 4 is 5.82 Å². The molecule has 5 nitrogen and oxygen atoms in total. The molecular weight excluding hydrogens is 446 g/mol. The monoisotopic (exact) mass is 478 g/mol. The number of benzene rings is 1. The van der Waals surface area contributed by atoms with Gasteiger partial charge in [0.25, 0.3) is 0 Å². The number of piperidine rings is 2. The predicted octanol–water partition coefficient (Wildman–Crippen LogP) is 5.77. The lowest BCUT2D eigenvalue weighted by atomic mass is 9.93. The molecule has 1 aromatic carbocycles. The largest absolute Gasteiger partial charge is 0.485 e. The Kier molecular flexibility index (Phi) is 7.23. The first-order valence-electron chi connectivity index (χ1n) is 12.6. The molecule has 0 spiro atoms. The zero-order valence-corrected chi connectivity index (χ0v) is 20.2. The Morgan fingerprint density at radius 3 is 2.63 bits per heavy atom. The molecule has 184 valence electrons. The Morgan fingerprint density at radius 2 is 1.86 bits per heavy atom. The van der Waals surface area contributed by atoms with Crippen LogP contribution in [0.5, 0.6) is 5.75 Å². The highest BCUT2D eigenvalue weighted by atomic mass is 19.1. The van der Waals surface area contributed by atoms with Crippen LogP contribution < -0.4 is 15.0 Å². The molecule has 0 aliphatic carbocycles. The molecule has 0 unspecified atom stereocenters. The smallest absolute Gasteiger partial charge is 0.168 e. The van der Waals surface area contributed by atoms with Crippen molar-refractivity contribution in [3.8, 4) is 17.0 Å². The number of rotatable bonds is 6. The molecule has 1 N–H and O–H groups in total. The van der Waals surface area contributed by atoms with Gasteiger partial charge < -0.3 is 15.0 Å². The van der Waals surface area contributed by atoms with Gasteiger partial charge in [-0.05, 0) is 81.9 Å². The summed E-state index contributed by atoms with van der Waals surface area (Å²) in [5.41, 5.74) is 3.85. The second-order valence-corrected chi connectivity index (χ2v) is 9.54. The highest BCUT2D eigenvalue weighted by Gasteiger charge is 2.20. The zero-order valence-electron chi connectivity index (χ0n) is 20.2. The van der Waals surface area contributed by atoms with Gasteiger partial charge in [0, 0.05) is 48.1 Å². The van der Waals surface area contributed by atoms with E-state index in [1.807, 2.05) is 25.3 Å². The van der Waals surface area contributed by atoms with Crippen molar-refractivity contribution in [2.75, 3.05) is 31.1 Å². The van der Waals surface area contributed by atoms with E-state index in [4.69, 9.17) is 9.72 Å². The number of pyridine rings is 2. The molecule has 0 radical (unpaired) electrons. The number of halogens is 2. The van der Waals surface area contributed by atoms with E-state index in [0.29, 0.717) is 17.2 Å². The number of anilines is 1. The highest BCUT2D eigenvalue weighted by Crippen LogP contribution is 2.35. The second-order valence-electron chi connectivity index (χ2n) is 9.54. The number of hydrogen-bond acceptors (Lipinski definition) is 5. The Morgan fingerprint density at radius 1 is 1.06 bits per heavy atom. The van der Waals surface area contributed by atoms with Crippen LogP contribution in [0.2, 0.25) is 0 Å². The van der Waals surface area contributed by atoms with E-state index >= 15 is 0 Å². The summed E-state index contributed by atoms with van der Waals surface area (Å²) in [6.45, 7) is 6.07. The van der Waals surface area contributed by atoms with E-state index in [0.717, 1.165) is 80.6 Å². The van der Waals surface area contributed by atoms with E-state index in [-0.39, 0.29) is 12.4 Å². The van der Waals surface area contributed by atoms with E-state index in [1.54, 1.807) is 6.07 Å². The van der Waals surface area contributed by atoms with Crippen LogP contribution in [-0.2, 0) is 6.61 Å². The van der Waals surface area contributed by atoms with Gasteiger partial charge in [-0.3, -0.25) is 4.98 Å². The van der Waals surface area contributed by atoms with Crippen LogP contribution in [0.1, 0.15) is 54.8 Å². The average Bonchev–Trinajstić information content (AvgIpc) is 2.89. The van der Waals surface area contributed by atoms with Gasteiger partial charge in [-0.25, -0.2) is 13.8 Å². The van der Waals surface area contributed by atoms with Gasteiger partial charge in [0.05, 0.1) is 5.69 Å². The molecule has 2 saturated heterocycles. The van der Waals surface area contributed by atoms with E-state index in [1.165, 1.54) is 12.5 Å². The first-order valence-corrected chi connectivity index (χ1v) is 12.6. The number of aryl methyl sites for hydroxylation is 1. The van der Waals surface area contributed by atoms with Gasteiger partial charge in [-0.15, -0.1) is 0 Å². The molecule has 2 aromatic heterocycles. The summed E-state index contributed by atoms with van der Waals surface area (Å²) in [5.74, 6) is -0.0893. The van der Waals surface area contributed by atoms with E-state index < -0.39 is 11.6 Å². The molecule has 3 aromatic rings. The third kappa shape index (κ3) is 5.45. The average molecular weight is 479 g/mol. The lowest BCUT2D eigenvalue weighted by Gasteiger charge is -2.28. The number of ether oxygens (including phenoxy) is 1. The van der Waals surface area contributed by atoms with Gasteiger partial charge in [-0.2, -0.15) is 0 Å².